The van der Waals surface area contributed by atoms with Gasteiger partial charge in [-0.25, -0.2) is 17.8 Å². The van der Waals surface area contributed by atoms with Crippen molar-refractivity contribution in [2.45, 2.75) is 36.4 Å². The quantitative estimate of drug-likeness (QED) is 0.797. The first-order valence-electron chi connectivity index (χ1n) is 8.06. The molecular weight excluding hydrogens is 337 g/mol. The first kappa shape index (κ1) is 16.2. The number of rotatable bonds is 4. The van der Waals surface area contributed by atoms with Crippen molar-refractivity contribution in [2.75, 3.05) is 32.8 Å². The van der Waals surface area contributed by atoms with Crippen LogP contribution in [0, 0.1) is 6.92 Å². The van der Waals surface area contributed by atoms with E-state index in [1.165, 1.54) is 0 Å². The SMILES string of the molecule is Cc1cnc2c(c1)S(=O)(=O)N(OCCN1CC(F)C1)CC1(CC1)O2. The lowest BCUT2D eigenvalue weighted by Gasteiger charge is -2.34. The molecule has 1 aromatic rings. The van der Waals surface area contributed by atoms with E-state index >= 15 is 0 Å². The predicted molar refractivity (Wildman–Crippen MR) is 82.7 cm³/mol. The van der Waals surface area contributed by atoms with Crippen molar-refractivity contribution in [3.8, 4) is 5.88 Å². The number of sulfonamides is 1. The molecule has 0 bridgehead atoms. The Hall–Kier alpha value is -1.29. The molecule has 0 amide bonds. The van der Waals surface area contributed by atoms with Crippen molar-refractivity contribution in [1.82, 2.24) is 14.4 Å². The Labute approximate surface area is 140 Å². The fraction of sp³-hybridized carbons (Fsp3) is 0.667. The van der Waals surface area contributed by atoms with Gasteiger partial charge in [0.05, 0.1) is 13.2 Å². The Balaban J connectivity index is 1.54. The minimum atomic E-state index is -3.84. The zero-order chi connectivity index (χ0) is 16.9. The van der Waals surface area contributed by atoms with E-state index in [1.54, 1.807) is 19.2 Å². The zero-order valence-electron chi connectivity index (χ0n) is 13.4. The second kappa shape index (κ2) is 5.62. The topological polar surface area (TPSA) is 72.0 Å². The van der Waals surface area contributed by atoms with Gasteiger partial charge in [0.2, 0.25) is 5.88 Å². The maximum absolute atomic E-state index is 12.9. The highest BCUT2D eigenvalue weighted by Gasteiger charge is 2.53. The molecule has 0 atom stereocenters. The number of fused-ring (bicyclic) bond motifs is 1. The van der Waals surface area contributed by atoms with E-state index in [0.717, 1.165) is 22.9 Å². The van der Waals surface area contributed by atoms with E-state index in [9.17, 15) is 12.8 Å². The van der Waals surface area contributed by atoms with Gasteiger partial charge in [-0.2, -0.15) is 0 Å². The van der Waals surface area contributed by atoms with Crippen molar-refractivity contribution in [1.29, 1.82) is 0 Å². The van der Waals surface area contributed by atoms with Crippen LogP contribution < -0.4 is 4.74 Å². The van der Waals surface area contributed by atoms with Gasteiger partial charge in [-0.3, -0.25) is 9.74 Å². The minimum absolute atomic E-state index is 0.0408. The fourth-order valence-electron chi connectivity index (χ4n) is 2.93. The Bertz CT molecular complexity index is 747. The lowest BCUT2D eigenvalue weighted by atomic mass is 10.2. The average molecular weight is 357 g/mol. The summed E-state index contributed by atoms with van der Waals surface area (Å²) in [6, 6.07) is 1.55. The van der Waals surface area contributed by atoms with Crippen LogP contribution in [0.5, 0.6) is 5.88 Å². The number of alkyl halides is 1. The molecule has 1 saturated carbocycles. The van der Waals surface area contributed by atoms with Crippen LogP contribution in [0.1, 0.15) is 18.4 Å². The van der Waals surface area contributed by atoms with Gasteiger partial charge in [-0.05, 0) is 31.4 Å². The first-order valence-corrected chi connectivity index (χ1v) is 9.50. The van der Waals surface area contributed by atoms with E-state index in [2.05, 4.69) is 4.98 Å². The summed E-state index contributed by atoms with van der Waals surface area (Å²) >= 11 is 0. The number of hydrogen-bond acceptors (Lipinski definition) is 6. The van der Waals surface area contributed by atoms with Crippen molar-refractivity contribution >= 4 is 10.0 Å². The molecule has 3 heterocycles. The van der Waals surface area contributed by atoms with E-state index < -0.39 is 21.8 Å². The summed E-state index contributed by atoms with van der Waals surface area (Å²) in [5.41, 5.74) is 0.198. The summed E-state index contributed by atoms with van der Waals surface area (Å²) in [7, 11) is -3.84. The Kier molecular flexibility index (Phi) is 3.79. The highest BCUT2D eigenvalue weighted by atomic mass is 32.2. The van der Waals surface area contributed by atoms with Crippen LogP contribution in [0.25, 0.3) is 0 Å². The predicted octanol–water partition coefficient (Wildman–Crippen LogP) is 0.891. The van der Waals surface area contributed by atoms with Crippen LogP contribution in [0.3, 0.4) is 0 Å². The lowest BCUT2D eigenvalue weighted by Crippen LogP contribution is -2.50. The van der Waals surface area contributed by atoms with Crippen LogP contribution in [0.2, 0.25) is 0 Å². The number of hydrogen-bond donors (Lipinski definition) is 0. The Morgan fingerprint density at radius 3 is 2.88 bits per heavy atom. The summed E-state index contributed by atoms with van der Waals surface area (Å²) in [5.74, 6) is 0.146. The number of halogens is 1. The minimum Gasteiger partial charge on any atom is -0.469 e. The smallest absolute Gasteiger partial charge is 0.270 e. The molecule has 1 spiro atoms. The average Bonchev–Trinajstić information content (AvgIpc) is 3.26. The molecule has 1 aliphatic carbocycles. The van der Waals surface area contributed by atoms with Crippen LogP contribution in [0.15, 0.2) is 17.2 Å². The monoisotopic (exact) mass is 357 g/mol. The molecule has 132 valence electrons. The molecule has 1 aromatic heterocycles. The summed E-state index contributed by atoms with van der Waals surface area (Å²) in [5, 5.41) is 0. The molecule has 7 nitrogen and oxygen atoms in total. The van der Waals surface area contributed by atoms with Crippen LogP contribution in [-0.4, -0.2) is 67.3 Å². The maximum Gasteiger partial charge on any atom is 0.270 e. The molecule has 2 aliphatic heterocycles. The number of pyridine rings is 1. The summed E-state index contributed by atoms with van der Waals surface area (Å²) in [6.07, 6.45) is 2.36. The molecule has 4 rings (SSSR count). The summed E-state index contributed by atoms with van der Waals surface area (Å²) in [4.78, 5) is 11.6. The van der Waals surface area contributed by atoms with Crippen LogP contribution in [-0.2, 0) is 14.9 Å². The summed E-state index contributed by atoms with van der Waals surface area (Å²) < 4.78 is 45.6. The third kappa shape index (κ3) is 2.90. The van der Waals surface area contributed by atoms with Gasteiger partial charge >= 0.3 is 0 Å². The second-order valence-corrected chi connectivity index (χ2v) is 8.55. The third-order valence-electron chi connectivity index (χ3n) is 4.59. The zero-order valence-corrected chi connectivity index (χ0v) is 14.3. The first-order chi connectivity index (χ1) is 11.4. The van der Waals surface area contributed by atoms with Gasteiger partial charge in [0.15, 0.2) is 0 Å². The van der Waals surface area contributed by atoms with Crippen molar-refractivity contribution in [3.63, 3.8) is 0 Å². The lowest BCUT2D eigenvalue weighted by molar-refractivity contribution is -0.111. The van der Waals surface area contributed by atoms with Crippen molar-refractivity contribution in [3.05, 3.63) is 17.8 Å². The van der Waals surface area contributed by atoms with Crippen LogP contribution in [0.4, 0.5) is 4.39 Å². The van der Waals surface area contributed by atoms with E-state index in [4.69, 9.17) is 9.57 Å². The number of nitrogens with zero attached hydrogens (tertiary/aromatic N) is 3. The largest absolute Gasteiger partial charge is 0.469 e. The molecule has 3 aliphatic rings. The molecule has 9 heteroatoms. The number of aryl methyl sites for hydroxylation is 1. The van der Waals surface area contributed by atoms with Crippen molar-refractivity contribution < 1.29 is 22.4 Å². The number of likely N-dealkylation sites (tertiary alicyclic amines) is 1. The van der Waals surface area contributed by atoms with Crippen LogP contribution >= 0.6 is 0 Å². The third-order valence-corrected chi connectivity index (χ3v) is 6.21. The molecular formula is C15H20FN3O4S. The normalized spacial score (nSPS) is 25.6. The summed E-state index contributed by atoms with van der Waals surface area (Å²) in [6.45, 7) is 3.39. The fourth-order valence-corrected chi connectivity index (χ4v) is 4.42. The molecule has 0 N–H and O–H groups in total. The molecule has 2 fully saturated rings. The Morgan fingerprint density at radius 2 is 2.21 bits per heavy atom. The molecule has 0 radical (unpaired) electrons. The van der Waals surface area contributed by atoms with Gasteiger partial charge in [0, 0.05) is 25.8 Å². The number of ether oxygens (including phenoxy) is 1. The van der Waals surface area contributed by atoms with Gasteiger partial charge in [-0.15, -0.1) is 0 Å². The molecule has 24 heavy (non-hydrogen) atoms. The molecule has 0 aromatic carbocycles. The molecule has 0 unspecified atom stereocenters. The van der Waals surface area contributed by atoms with E-state index in [1.807, 2.05) is 4.90 Å². The van der Waals surface area contributed by atoms with Gasteiger partial charge in [-0.1, -0.05) is 4.47 Å². The number of hydroxylamine groups is 1. The maximum atomic E-state index is 12.9. The van der Waals surface area contributed by atoms with Gasteiger partial charge in [0.25, 0.3) is 10.0 Å². The van der Waals surface area contributed by atoms with Gasteiger partial charge < -0.3 is 4.74 Å². The second-order valence-electron chi connectivity index (χ2n) is 6.76. The number of aromatic nitrogens is 1. The van der Waals surface area contributed by atoms with Gasteiger partial charge in [0.1, 0.15) is 16.7 Å². The van der Waals surface area contributed by atoms with E-state index in [-0.39, 0.29) is 23.9 Å². The van der Waals surface area contributed by atoms with E-state index in [0.29, 0.717) is 19.6 Å². The molecule has 1 saturated heterocycles. The highest BCUT2D eigenvalue weighted by Crippen LogP contribution is 2.45. The standard InChI is InChI=1S/C15H20FN3O4S/c1-11-6-13-14(17-7-11)23-15(2-3-15)10-19(24(13,20)21)22-5-4-18-8-12(16)9-18/h6-7,12H,2-5,8-10H2,1H3. The Morgan fingerprint density at radius 1 is 1.46 bits per heavy atom. The highest BCUT2D eigenvalue weighted by molar-refractivity contribution is 7.89. The van der Waals surface area contributed by atoms with Crippen molar-refractivity contribution in [2.24, 2.45) is 0 Å².